The van der Waals surface area contributed by atoms with Gasteiger partial charge in [0.05, 0.1) is 11.3 Å². The highest BCUT2D eigenvalue weighted by molar-refractivity contribution is 6.45. The van der Waals surface area contributed by atoms with Crippen LogP contribution in [0.2, 0.25) is 0 Å². The lowest BCUT2D eigenvalue weighted by Gasteiger charge is -2.29. The van der Waals surface area contributed by atoms with Crippen molar-refractivity contribution in [2.24, 2.45) is 0 Å². The Balaban J connectivity index is 1.83. The Labute approximate surface area is 178 Å². The van der Waals surface area contributed by atoms with Gasteiger partial charge in [0.15, 0.2) is 0 Å². The average molecular weight is 404 g/mol. The SMILES string of the molecule is Cc1ccc(C2=C(N3CCCCC3)C(=O)N(c3cccc(N(C)C)c3)C2=O)cc1C. The predicted octanol–water partition coefficient (Wildman–Crippen LogP) is 4.14. The number of imide groups is 1. The van der Waals surface area contributed by atoms with E-state index in [0.29, 0.717) is 17.0 Å². The molecule has 0 N–H and O–H groups in total. The summed E-state index contributed by atoms with van der Waals surface area (Å²) in [6.07, 6.45) is 3.25. The summed E-state index contributed by atoms with van der Waals surface area (Å²) >= 11 is 0. The van der Waals surface area contributed by atoms with E-state index in [4.69, 9.17) is 0 Å². The van der Waals surface area contributed by atoms with Crippen LogP contribution in [0.1, 0.15) is 36.0 Å². The fourth-order valence-electron chi connectivity index (χ4n) is 4.23. The van der Waals surface area contributed by atoms with Crippen LogP contribution in [0.15, 0.2) is 48.2 Å². The number of benzene rings is 2. The summed E-state index contributed by atoms with van der Waals surface area (Å²) in [6, 6.07) is 13.6. The average Bonchev–Trinajstić information content (AvgIpc) is 3.01. The van der Waals surface area contributed by atoms with Gasteiger partial charge in [0.2, 0.25) is 0 Å². The molecule has 0 spiro atoms. The van der Waals surface area contributed by atoms with Gasteiger partial charge in [-0.15, -0.1) is 0 Å². The number of carbonyl (C=O) groups is 2. The van der Waals surface area contributed by atoms with E-state index in [2.05, 4.69) is 11.8 Å². The van der Waals surface area contributed by atoms with Crippen molar-refractivity contribution >= 4 is 28.8 Å². The zero-order valence-electron chi connectivity index (χ0n) is 18.2. The van der Waals surface area contributed by atoms with E-state index in [-0.39, 0.29) is 11.8 Å². The number of likely N-dealkylation sites (tertiary alicyclic amines) is 1. The van der Waals surface area contributed by atoms with Crippen LogP contribution >= 0.6 is 0 Å². The van der Waals surface area contributed by atoms with Gasteiger partial charge in [0, 0.05) is 32.9 Å². The molecule has 1 saturated heterocycles. The van der Waals surface area contributed by atoms with E-state index >= 15 is 0 Å². The number of rotatable bonds is 4. The first-order valence-corrected chi connectivity index (χ1v) is 10.6. The minimum Gasteiger partial charge on any atom is -0.378 e. The van der Waals surface area contributed by atoms with Gasteiger partial charge in [0.25, 0.3) is 11.8 Å². The van der Waals surface area contributed by atoms with Gasteiger partial charge < -0.3 is 9.80 Å². The zero-order chi connectivity index (χ0) is 21.4. The van der Waals surface area contributed by atoms with Crippen molar-refractivity contribution in [2.75, 3.05) is 37.0 Å². The fourth-order valence-corrected chi connectivity index (χ4v) is 4.23. The third-order valence-electron chi connectivity index (χ3n) is 6.13. The molecule has 0 aliphatic carbocycles. The molecule has 30 heavy (non-hydrogen) atoms. The summed E-state index contributed by atoms with van der Waals surface area (Å²) in [7, 11) is 3.90. The minimum absolute atomic E-state index is 0.217. The number of piperidine rings is 1. The normalized spacial score (nSPS) is 17.2. The summed E-state index contributed by atoms with van der Waals surface area (Å²) in [5.74, 6) is -0.453. The summed E-state index contributed by atoms with van der Waals surface area (Å²) < 4.78 is 0. The van der Waals surface area contributed by atoms with Crippen LogP contribution in [0.5, 0.6) is 0 Å². The van der Waals surface area contributed by atoms with E-state index in [9.17, 15) is 9.59 Å². The Bertz CT molecular complexity index is 1030. The van der Waals surface area contributed by atoms with Gasteiger partial charge in [-0.05, 0) is 68.0 Å². The van der Waals surface area contributed by atoms with Crippen molar-refractivity contribution in [1.82, 2.24) is 4.90 Å². The molecule has 0 radical (unpaired) electrons. The maximum atomic E-state index is 13.7. The Morgan fingerprint density at radius 1 is 0.833 bits per heavy atom. The van der Waals surface area contributed by atoms with Gasteiger partial charge in [-0.1, -0.05) is 24.3 Å². The molecule has 2 amide bonds. The third kappa shape index (κ3) is 3.49. The molecular weight excluding hydrogens is 374 g/mol. The van der Waals surface area contributed by atoms with Crippen LogP contribution in [0.4, 0.5) is 11.4 Å². The van der Waals surface area contributed by atoms with Crippen molar-refractivity contribution < 1.29 is 9.59 Å². The second-order valence-electron chi connectivity index (χ2n) is 8.43. The number of hydrogen-bond donors (Lipinski definition) is 0. The zero-order valence-corrected chi connectivity index (χ0v) is 18.2. The highest BCUT2D eigenvalue weighted by Crippen LogP contribution is 2.37. The number of carbonyl (C=O) groups excluding carboxylic acids is 2. The van der Waals surface area contributed by atoms with Crippen LogP contribution in [0, 0.1) is 13.8 Å². The van der Waals surface area contributed by atoms with E-state index in [1.165, 1.54) is 16.9 Å². The molecule has 0 saturated carbocycles. The molecule has 0 bridgehead atoms. The number of hydrogen-bond acceptors (Lipinski definition) is 4. The smallest absolute Gasteiger partial charge is 0.282 e. The lowest BCUT2D eigenvalue weighted by Crippen LogP contribution is -2.37. The Kier molecular flexibility index (Phi) is 5.37. The molecular formula is C25H29N3O2. The van der Waals surface area contributed by atoms with Crippen molar-refractivity contribution in [3.63, 3.8) is 0 Å². The highest BCUT2D eigenvalue weighted by atomic mass is 16.2. The van der Waals surface area contributed by atoms with Crippen LogP contribution in [0.25, 0.3) is 5.57 Å². The Hall–Kier alpha value is -3.08. The lowest BCUT2D eigenvalue weighted by atomic mass is 9.98. The van der Waals surface area contributed by atoms with Gasteiger partial charge in [-0.2, -0.15) is 0 Å². The summed E-state index contributed by atoms with van der Waals surface area (Å²) in [6.45, 7) is 5.72. The van der Waals surface area contributed by atoms with E-state index in [1.807, 2.05) is 68.4 Å². The molecule has 5 nitrogen and oxygen atoms in total. The van der Waals surface area contributed by atoms with Crippen LogP contribution < -0.4 is 9.80 Å². The molecule has 0 aromatic heterocycles. The molecule has 2 aromatic carbocycles. The molecule has 4 rings (SSSR count). The molecule has 2 aromatic rings. The number of aryl methyl sites for hydroxylation is 2. The first-order valence-electron chi connectivity index (χ1n) is 10.6. The fraction of sp³-hybridized carbons (Fsp3) is 0.360. The first kappa shape index (κ1) is 20.2. The van der Waals surface area contributed by atoms with E-state index in [1.54, 1.807) is 0 Å². The second kappa shape index (κ2) is 7.98. The first-order chi connectivity index (χ1) is 14.4. The van der Waals surface area contributed by atoms with Crippen LogP contribution in [-0.2, 0) is 9.59 Å². The van der Waals surface area contributed by atoms with Gasteiger partial charge >= 0.3 is 0 Å². The molecule has 1 fully saturated rings. The minimum atomic E-state index is -0.236. The summed E-state index contributed by atoms with van der Waals surface area (Å²) in [5, 5.41) is 0. The van der Waals surface area contributed by atoms with E-state index in [0.717, 1.165) is 42.7 Å². The van der Waals surface area contributed by atoms with Crippen molar-refractivity contribution in [3.8, 4) is 0 Å². The van der Waals surface area contributed by atoms with Crippen molar-refractivity contribution in [2.45, 2.75) is 33.1 Å². The monoisotopic (exact) mass is 403 g/mol. The van der Waals surface area contributed by atoms with Gasteiger partial charge in [0.1, 0.15) is 5.70 Å². The maximum Gasteiger partial charge on any atom is 0.282 e. The molecule has 2 aliphatic heterocycles. The summed E-state index contributed by atoms with van der Waals surface area (Å²) in [4.78, 5) is 32.7. The Morgan fingerprint density at radius 2 is 1.57 bits per heavy atom. The highest BCUT2D eigenvalue weighted by Gasteiger charge is 2.42. The summed E-state index contributed by atoms with van der Waals surface area (Å²) in [5.41, 5.74) is 5.76. The molecule has 5 heteroatoms. The van der Waals surface area contributed by atoms with Gasteiger partial charge in [-0.25, -0.2) is 4.90 Å². The largest absolute Gasteiger partial charge is 0.378 e. The predicted molar refractivity (Wildman–Crippen MR) is 122 cm³/mol. The molecule has 2 aliphatic rings. The Morgan fingerprint density at radius 3 is 2.23 bits per heavy atom. The number of amides is 2. The second-order valence-corrected chi connectivity index (χ2v) is 8.43. The molecule has 156 valence electrons. The van der Waals surface area contributed by atoms with E-state index < -0.39 is 0 Å². The van der Waals surface area contributed by atoms with Crippen molar-refractivity contribution in [1.29, 1.82) is 0 Å². The number of nitrogens with zero attached hydrogens (tertiary/aromatic N) is 3. The van der Waals surface area contributed by atoms with Gasteiger partial charge in [-0.3, -0.25) is 9.59 Å². The van der Waals surface area contributed by atoms with Crippen LogP contribution in [-0.4, -0.2) is 43.9 Å². The lowest BCUT2D eigenvalue weighted by molar-refractivity contribution is -0.120. The maximum absolute atomic E-state index is 13.7. The molecule has 0 atom stereocenters. The third-order valence-corrected chi connectivity index (χ3v) is 6.13. The number of anilines is 2. The standard InChI is InChI=1S/C25H29N3O2/c1-17-11-12-19(15-18(17)2)22-23(27-13-6-5-7-14-27)25(30)28(24(22)29)21-10-8-9-20(16-21)26(3)4/h8-12,15-16H,5-7,13-14H2,1-4H3. The molecule has 0 unspecified atom stereocenters. The quantitative estimate of drug-likeness (QED) is 0.720. The topological polar surface area (TPSA) is 43.9 Å². The van der Waals surface area contributed by atoms with Crippen LogP contribution in [0.3, 0.4) is 0 Å². The van der Waals surface area contributed by atoms with Crippen molar-refractivity contribution in [3.05, 3.63) is 64.9 Å². The molecule has 2 heterocycles.